The molecule has 4 heteroatoms. The van der Waals surface area contributed by atoms with E-state index in [1.54, 1.807) is 18.5 Å². The molecule has 0 radical (unpaired) electrons. The predicted molar refractivity (Wildman–Crippen MR) is 80.1 cm³/mol. The highest BCUT2D eigenvalue weighted by molar-refractivity contribution is 5.72. The van der Waals surface area contributed by atoms with Gasteiger partial charge in [-0.05, 0) is 18.6 Å². The van der Waals surface area contributed by atoms with Gasteiger partial charge in [-0.25, -0.2) is 4.98 Å². The van der Waals surface area contributed by atoms with Gasteiger partial charge in [0.1, 0.15) is 0 Å². The summed E-state index contributed by atoms with van der Waals surface area (Å²) in [6, 6.07) is 12.3. The van der Waals surface area contributed by atoms with Crippen molar-refractivity contribution in [3.8, 4) is 11.3 Å². The van der Waals surface area contributed by atoms with Crippen LogP contribution in [0.15, 0.2) is 61.3 Å². The number of hydrogen-bond acceptors (Lipinski definition) is 3. The summed E-state index contributed by atoms with van der Waals surface area (Å²) >= 11 is 0. The molecule has 0 spiro atoms. The van der Waals surface area contributed by atoms with Crippen LogP contribution in [0.1, 0.15) is 18.5 Å². The average Bonchev–Trinajstić information content (AvgIpc) is 2.97. The van der Waals surface area contributed by atoms with Crippen molar-refractivity contribution in [2.24, 2.45) is 0 Å². The Morgan fingerprint density at radius 1 is 1.05 bits per heavy atom. The number of aromatic nitrogens is 3. The maximum atomic E-state index is 6.04. The second-order valence-corrected chi connectivity index (χ2v) is 4.74. The lowest BCUT2D eigenvalue weighted by molar-refractivity contribution is 0.644. The van der Waals surface area contributed by atoms with Crippen molar-refractivity contribution in [1.82, 2.24) is 14.5 Å². The first-order valence-corrected chi connectivity index (χ1v) is 6.54. The third-order valence-corrected chi connectivity index (χ3v) is 3.50. The largest absolute Gasteiger partial charge is 0.398 e. The predicted octanol–water partition coefficient (Wildman–Crippen LogP) is 3.14. The highest BCUT2D eigenvalue weighted by atomic mass is 15.1. The molecule has 0 amide bonds. The Kier molecular flexibility index (Phi) is 3.21. The van der Waals surface area contributed by atoms with Gasteiger partial charge in [-0.2, -0.15) is 0 Å². The van der Waals surface area contributed by atoms with Crippen LogP contribution in [-0.4, -0.2) is 14.5 Å². The van der Waals surface area contributed by atoms with E-state index in [-0.39, 0.29) is 6.04 Å². The lowest BCUT2D eigenvalue weighted by atomic mass is 10.1. The molecule has 2 heterocycles. The maximum absolute atomic E-state index is 6.04. The van der Waals surface area contributed by atoms with Gasteiger partial charge in [0.2, 0.25) is 0 Å². The Labute approximate surface area is 117 Å². The molecule has 100 valence electrons. The zero-order valence-electron chi connectivity index (χ0n) is 11.3. The molecule has 2 aromatic heterocycles. The van der Waals surface area contributed by atoms with Crippen LogP contribution in [0.4, 0.5) is 5.69 Å². The van der Waals surface area contributed by atoms with E-state index in [4.69, 9.17) is 5.73 Å². The molecular formula is C16H16N4. The smallest absolute Gasteiger partial charge is 0.0956 e. The molecule has 0 bridgehead atoms. The fraction of sp³-hybridized carbons (Fsp3) is 0.125. The molecule has 1 aromatic carbocycles. The number of benzene rings is 1. The Balaban J connectivity index is 2.05. The molecule has 0 aliphatic heterocycles. The summed E-state index contributed by atoms with van der Waals surface area (Å²) in [5.74, 6) is 0. The number of pyridine rings is 1. The molecule has 3 aromatic rings. The number of rotatable bonds is 3. The average molecular weight is 264 g/mol. The van der Waals surface area contributed by atoms with E-state index >= 15 is 0 Å². The molecule has 0 saturated carbocycles. The molecule has 20 heavy (non-hydrogen) atoms. The molecule has 0 aliphatic rings. The molecule has 0 aliphatic carbocycles. The summed E-state index contributed by atoms with van der Waals surface area (Å²) in [7, 11) is 0. The monoisotopic (exact) mass is 264 g/mol. The zero-order chi connectivity index (χ0) is 13.9. The third kappa shape index (κ3) is 2.16. The first kappa shape index (κ1) is 12.4. The van der Waals surface area contributed by atoms with Crippen LogP contribution in [0.3, 0.4) is 0 Å². The molecule has 3 rings (SSSR count). The van der Waals surface area contributed by atoms with E-state index in [0.29, 0.717) is 5.69 Å². The van der Waals surface area contributed by atoms with Crippen LogP contribution >= 0.6 is 0 Å². The molecule has 0 fully saturated rings. The minimum atomic E-state index is 0.188. The fourth-order valence-corrected chi connectivity index (χ4v) is 2.33. The summed E-state index contributed by atoms with van der Waals surface area (Å²) in [5.41, 5.74) is 9.87. The first-order chi connectivity index (χ1) is 9.77. The summed E-state index contributed by atoms with van der Waals surface area (Å²) in [4.78, 5) is 8.42. The summed E-state index contributed by atoms with van der Waals surface area (Å²) < 4.78 is 2.11. The number of nitrogen functional groups attached to an aromatic ring is 1. The molecule has 0 saturated heterocycles. The minimum absolute atomic E-state index is 0.188. The number of nitrogens with zero attached hydrogens (tertiary/aromatic N) is 3. The van der Waals surface area contributed by atoms with Gasteiger partial charge in [0.05, 0.1) is 24.3 Å². The summed E-state index contributed by atoms with van der Waals surface area (Å²) in [6.07, 6.45) is 7.13. The Bertz CT molecular complexity index is 703. The van der Waals surface area contributed by atoms with Crippen molar-refractivity contribution in [1.29, 1.82) is 0 Å². The van der Waals surface area contributed by atoms with Gasteiger partial charge in [0.15, 0.2) is 0 Å². The Morgan fingerprint density at radius 2 is 1.85 bits per heavy atom. The van der Waals surface area contributed by atoms with Crippen LogP contribution in [0.25, 0.3) is 11.3 Å². The number of anilines is 1. The third-order valence-electron chi connectivity index (χ3n) is 3.50. The zero-order valence-corrected chi connectivity index (χ0v) is 11.3. The highest BCUT2D eigenvalue weighted by Gasteiger charge is 2.14. The van der Waals surface area contributed by atoms with Crippen LogP contribution in [0.2, 0.25) is 0 Å². The van der Waals surface area contributed by atoms with Crippen molar-refractivity contribution in [3.05, 3.63) is 66.9 Å². The van der Waals surface area contributed by atoms with Gasteiger partial charge in [-0.1, -0.05) is 30.3 Å². The topological polar surface area (TPSA) is 56.7 Å². The second kappa shape index (κ2) is 5.17. The number of hydrogen-bond donors (Lipinski definition) is 1. The van der Waals surface area contributed by atoms with E-state index < -0.39 is 0 Å². The fourth-order valence-electron chi connectivity index (χ4n) is 2.33. The Morgan fingerprint density at radius 3 is 2.60 bits per heavy atom. The first-order valence-electron chi connectivity index (χ1n) is 6.54. The van der Waals surface area contributed by atoms with Crippen molar-refractivity contribution in [3.63, 3.8) is 0 Å². The SMILES string of the molecule is CC(c1ccccc1)n1cncc1-c1cnccc1N. The molecule has 1 unspecified atom stereocenters. The molecular weight excluding hydrogens is 248 g/mol. The summed E-state index contributed by atoms with van der Waals surface area (Å²) in [5, 5.41) is 0. The van der Waals surface area contributed by atoms with Crippen LogP contribution in [-0.2, 0) is 0 Å². The van der Waals surface area contributed by atoms with Gasteiger partial charge in [0, 0.05) is 23.6 Å². The standard InChI is InChI=1S/C16H16N4/c1-12(13-5-3-2-4-6-13)20-11-19-10-16(20)14-9-18-8-7-15(14)17/h2-12H,1H3,(H2,17,18). The van der Waals surface area contributed by atoms with E-state index in [9.17, 15) is 0 Å². The van der Waals surface area contributed by atoms with E-state index in [2.05, 4.69) is 33.6 Å². The summed E-state index contributed by atoms with van der Waals surface area (Å²) in [6.45, 7) is 2.15. The van der Waals surface area contributed by atoms with E-state index in [1.165, 1.54) is 5.56 Å². The number of nitrogens with two attached hydrogens (primary N) is 1. The van der Waals surface area contributed by atoms with Gasteiger partial charge in [-0.3, -0.25) is 4.98 Å². The second-order valence-electron chi connectivity index (χ2n) is 4.74. The van der Waals surface area contributed by atoms with E-state index in [1.807, 2.05) is 30.7 Å². The highest BCUT2D eigenvalue weighted by Crippen LogP contribution is 2.28. The Hall–Kier alpha value is -2.62. The van der Waals surface area contributed by atoms with E-state index in [0.717, 1.165) is 11.3 Å². The van der Waals surface area contributed by atoms with Gasteiger partial charge in [0.25, 0.3) is 0 Å². The quantitative estimate of drug-likeness (QED) is 0.790. The van der Waals surface area contributed by atoms with Crippen LogP contribution < -0.4 is 5.73 Å². The van der Waals surface area contributed by atoms with Crippen molar-refractivity contribution >= 4 is 5.69 Å². The van der Waals surface area contributed by atoms with Gasteiger partial charge >= 0.3 is 0 Å². The lowest BCUT2D eigenvalue weighted by Gasteiger charge is -2.17. The van der Waals surface area contributed by atoms with Crippen molar-refractivity contribution in [2.45, 2.75) is 13.0 Å². The van der Waals surface area contributed by atoms with Crippen molar-refractivity contribution in [2.75, 3.05) is 5.73 Å². The number of imidazole rings is 1. The van der Waals surface area contributed by atoms with Gasteiger partial charge < -0.3 is 10.3 Å². The molecule has 2 N–H and O–H groups in total. The minimum Gasteiger partial charge on any atom is -0.398 e. The molecule has 4 nitrogen and oxygen atoms in total. The van der Waals surface area contributed by atoms with Crippen molar-refractivity contribution < 1.29 is 0 Å². The maximum Gasteiger partial charge on any atom is 0.0956 e. The molecule has 1 atom stereocenters. The normalized spacial score (nSPS) is 12.2. The van der Waals surface area contributed by atoms with Gasteiger partial charge in [-0.15, -0.1) is 0 Å². The lowest BCUT2D eigenvalue weighted by Crippen LogP contribution is -2.07. The van der Waals surface area contributed by atoms with Crippen LogP contribution in [0.5, 0.6) is 0 Å². The van der Waals surface area contributed by atoms with Crippen LogP contribution in [0, 0.1) is 0 Å².